The highest BCUT2D eigenvalue weighted by Crippen LogP contribution is 2.38. The summed E-state index contributed by atoms with van der Waals surface area (Å²) in [5, 5.41) is 3.07. The predicted octanol–water partition coefficient (Wildman–Crippen LogP) is 6.01. The van der Waals surface area contributed by atoms with Crippen LogP contribution in [0.15, 0.2) is 97.1 Å². The first kappa shape index (κ1) is 24.4. The molecule has 0 spiro atoms. The molecule has 6 rings (SSSR count). The Hall–Kier alpha value is -4.91. The SMILES string of the molecule is Cc1cccc(-c2[nH]c(CNC(=O)CC(c3ccccc3)c3ccccc3)nc2-c2ccc3c(c2)OCO3)n1. The van der Waals surface area contributed by atoms with Crippen LogP contribution in [0.4, 0.5) is 0 Å². The highest BCUT2D eigenvalue weighted by atomic mass is 16.7. The monoisotopic (exact) mass is 516 g/mol. The third kappa shape index (κ3) is 5.38. The molecule has 1 amide bonds. The number of ether oxygens (including phenoxy) is 2. The fraction of sp³-hybridized carbons (Fsp3) is 0.156. The molecule has 0 aliphatic carbocycles. The van der Waals surface area contributed by atoms with Crippen molar-refractivity contribution in [1.82, 2.24) is 20.3 Å². The second-order valence-corrected chi connectivity index (χ2v) is 9.49. The lowest BCUT2D eigenvalue weighted by molar-refractivity contribution is -0.121. The van der Waals surface area contributed by atoms with Gasteiger partial charge in [0, 0.05) is 23.6 Å². The van der Waals surface area contributed by atoms with Gasteiger partial charge in [0.15, 0.2) is 11.5 Å². The first-order chi connectivity index (χ1) is 19.1. The zero-order chi connectivity index (χ0) is 26.6. The Kier molecular flexibility index (Phi) is 6.78. The standard InChI is InChI=1S/C32H28N4O3/c1-21-9-8-14-26(34-21)32-31(24-15-16-27-28(17-24)39-20-38-27)35-29(36-32)19-33-30(37)18-25(22-10-4-2-5-11-22)23-12-6-3-7-13-23/h2-17,25H,18-20H2,1H3,(H,33,37)(H,35,36). The number of nitrogens with one attached hydrogen (secondary N) is 2. The van der Waals surface area contributed by atoms with Gasteiger partial charge in [0.05, 0.1) is 23.6 Å². The summed E-state index contributed by atoms with van der Waals surface area (Å²) in [5.41, 5.74) is 6.29. The Bertz CT molecular complexity index is 1560. The van der Waals surface area contributed by atoms with Gasteiger partial charge in [-0.15, -0.1) is 0 Å². The molecule has 0 fully saturated rings. The molecular formula is C32H28N4O3. The van der Waals surface area contributed by atoms with E-state index in [0.29, 0.717) is 23.7 Å². The van der Waals surface area contributed by atoms with Crippen LogP contribution in [0.25, 0.3) is 22.6 Å². The van der Waals surface area contributed by atoms with Crippen LogP contribution in [-0.2, 0) is 11.3 Å². The minimum atomic E-state index is -0.0519. The fourth-order valence-electron chi connectivity index (χ4n) is 4.87. The van der Waals surface area contributed by atoms with Gasteiger partial charge < -0.3 is 19.8 Å². The molecule has 0 saturated heterocycles. The summed E-state index contributed by atoms with van der Waals surface area (Å²) in [7, 11) is 0. The Morgan fingerprint density at radius 3 is 2.31 bits per heavy atom. The number of amides is 1. The van der Waals surface area contributed by atoms with Crippen LogP contribution in [-0.4, -0.2) is 27.7 Å². The second kappa shape index (κ2) is 10.8. The number of aromatic amines is 1. The molecule has 1 aliphatic rings. The van der Waals surface area contributed by atoms with Crippen molar-refractivity contribution >= 4 is 5.91 Å². The predicted molar refractivity (Wildman–Crippen MR) is 149 cm³/mol. The lowest BCUT2D eigenvalue weighted by Gasteiger charge is -2.17. The summed E-state index contributed by atoms with van der Waals surface area (Å²) in [6.45, 7) is 2.42. The van der Waals surface area contributed by atoms with Gasteiger partial charge in [-0.05, 0) is 48.4 Å². The summed E-state index contributed by atoms with van der Waals surface area (Å²) in [4.78, 5) is 26.2. The third-order valence-corrected chi connectivity index (χ3v) is 6.79. The molecule has 39 heavy (non-hydrogen) atoms. The maximum Gasteiger partial charge on any atom is 0.231 e. The molecular weight excluding hydrogens is 488 g/mol. The Morgan fingerprint density at radius 2 is 1.59 bits per heavy atom. The van der Waals surface area contributed by atoms with E-state index in [9.17, 15) is 4.79 Å². The number of hydrogen-bond acceptors (Lipinski definition) is 5. The van der Waals surface area contributed by atoms with Crippen molar-refractivity contribution in [3.05, 3.63) is 120 Å². The number of hydrogen-bond donors (Lipinski definition) is 2. The van der Waals surface area contributed by atoms with Crippen LogP contribution in [0.5, 0.6) is 11.5 Å². The molecule has 0 bridgehead atoms. The molecule has 1 aliphatic heterocycles. The number of aryl methyl sites for hydroxylation is 1. The molecule has 0 radical (unpaired) electrons. The van der Waals surface area contributed by atoms with Crippen LogP contribution in [0.1, 0.15) is 35.0 Å². The lowest BCUT2D eigenvalue weighted by atomic mass is 9.88. The zero-order valence-corrected chi connectivity index (χ0v) is 21.6. The number of H-pyrrole nitrogens is 1. The molecule has 3 aromatic carbocycles. The van der Waals surface area contributed by atoms with Crippen LogP contribution in [0.2, 0.25) is 0 Å². The number of nitrogens with zero attached hydrogens (tertiary/aromatic N) is 2. The summed E-state index contributed by atoms with van der Waals surface area (Å²) in [6, 6.07) is 31.9. The highest BCUT2D eigenvalue weighted by Gasteiger charge is 2.21. The third-order valence-electron chi connectivity index (χ3n) is 6.79. The van der Waals surface area contributed by atoms with Crippen LogP contribution in [0, 0.1) is 6.92 Å². The zero-order valence-electron chi connectivity index (χ0n) is 21.6. The molecule has 0 unspecified atom stereocenters. The number of carbonyl (C=O) groups is 1. The van der Waals surface area contributed by atoms with Gasteiger partial charge >= 0.3 is 0 Å². The smallest absolute Gasteiger partial charge is 0.231 e. The molecule has 2 N–H and O–H groups in total. The van der Waals surface area contributed by atoms with E-state index in [4.69, 9.17) is 19.4 Å². The fourth-order valence-corrected chi connectivity index (χ4v) is 4.87. The maximum absolute atomic E-state index is 13.2. The molecule has 7 heteroatoms. The van der Waals surface area contributed by atoms with Gasteiger partial charge in [0.25, 0.3) is 0 Å². The average molecular weight is 517 g/mol. The number of aromatic nitrogens is 3. The summed E-state index contributed by atoms with van der Waals surface area (Å²) in [6.07, 6.45) is 0.329. The molecule has 3 heterocycles. The number of pyridine rings is 1. The van der Waals surface area contributed by atoms with E-state index in [1.54, 1.807) is 0 Å². The van der Waals surface area contributed by atoms with E-state index in [0.717, 1.165) is 39.5 Å². The van der Waals surface area contributed by atoms with Gasteiger partial charge in [0.2, 0.25) is 12.7 Å². The van der Waals surface area contributed by atoms with Crippen LogP contribution < -0.4 is 14.8 Å². The van der Waals surface area contributed by atoms with Crippen molar-refractivity contribution in [3.8, 4) is 34.1 Å². The van der Waals surface area contributed by atoms with Crippen molar-refractivity contribution in [3.63, 3.8) is 0 Å². The number of benzene rings is 3. The molecule has 0 saturated carbocycles. The minimum absolute atomic E-state index is 0.0414. The van der Waals surface area contributed by atoms with Crippen molar-refractivity contribution < 1.29 is 14.3 Å². The quantitative estimate of drug-likeness (QED) is 0.264. The molecule has 7 nitrogen and oxygen atoms in total. The highest BCUT2D eigenvalue weighted by molar-refractivity contribution is 5.79. The maximum atomic E-state index is 13.2. The normalized spacial score (nSPS) is 12.1. The molecule has 194 valence electrons. The summed E-state index contributed by atoms with van der Waals surface area (Å²) in [5.74, 6) is 1.94. The van der Waals surface area contributed by atoms with E-state index >= 15 is 0 Å². The first-order valence-electron chi connectivity index (χ1n) is 12.9. The van der Waals surface area contributed by atoms with Gasteiger partial charge in [0.1, 0.15) is 5.82 Å². The van der Waals surface area contributed by atoms with E-state index in [1.807, 2.05) is 79.7 Å². The van der Waals surface area contributed by atoms with Crippen molar-refractivity contribution in [2.24, 2.45) is 0 Å². The van der Waals surface area contributed by atoms with Crippen molar-refractivity contribution in [1.29, 1.82) is 0 Å². The lowest BCUT2D eigenvalue weighted by Crippen LogP contribution is -2.25. The van der Waals surface area contributed by atoms with E-state index in [2.05, 4.69) is 34.6 Å². The first-order valence-corrected chi connectivity index (χ1v) is 12.9. The Morgan fingerprint density at radius 1 is 0.872 bits per heavy atom. The van der Waals surface area contributed by atoms with Gasteiger partial charge in [-0.1, -0.05) is 66.7 Å². The Balaban J connectivity index is 1.25. The largest absolute Gasteiger partial charge is 0.454 e. The summed E-state index contributed by atoms with van der Waals surface area (Å²) >= 11 is 0. The number of rotatable bonds is 8. The van der Waals surface area contributed by atoms with Crippen LogP contribution >= 0.6 is 0 Å². The van der Waals surface area contributed by atoms with Crippen molar-refractivity contribution in [2.45, 2.75) is 25.8 Å². The second-order valence-electron chi connectivity index (χ2n) is 9.49. The van der Waals surface area contributed by atoms with E-state index in [1.165, 1.54) is 0 Å². The van der Waals surface area contributed by atoms with Gasteiger partial charge in [-0.25, -0.2) is 4.98 Å². The number of imidazole rings is 1. The molecule has 5 aromatic rings. The van der Waals surface area contributed by atoms with Gasteiger partial charge in [-0.2, -0.15) is 0 Å². The van der Waals surface area contributed by atoms with E-state index in [-0.39, 0.29) is 25.2 Å². The molecule has 0 atom stereocenters. The molecule has 2 aromatic heterocycles. The minimum Gasteiger partial charge on any atom is -0.454 e. The average Bonchev–Trinajstić information content (AvgIpc) is 3.63. The Labute approximate surface area is 226 Å². The van der Waals surface area contributed by atoms with Crippen molar-refractivity contribution in [2.75, 3.05) is 6.79 Å². The summed E-state index contributed by atoms with van der Waals surface area (Å²) < 4.78 is 11.1. The topological polar surface area (TPSA) is 89.1 Å². The van der Waals surface area contributed by atoms with Gasteiger partial charge in [-0.3, -0.25) is 9.78 Å². The number of carbonyl (C=O) groups excluding carboxylic acids is 1. The van der Waals surface area contributed by atoms with E-state index < -0.39 is 0 Å². The number of fused-ring (bicyclic) bond motifs is 1. The van der Waals surface area contributed by atoms with Crippen LogP contribution in [0.3, 0.4) is 0 Å².